The van der Waals surface area contributed by atoms with Crippen LogP contribution in [0.15, 0.2) is 0 Å². The second-order valence-electron chi connectivity index (χ2n) is 5.53. The fourth-order valence-electron chi connectivity index (χ4n) is 3.94. The summed E-state index contributed by atoms with van der Waals surface area (Å²) >= 11 is 0. The summed E-state index contributed by atoms with van der Waals surface area (Å²) in [7, 11) is 0. The predicted molar refractivity (Wildman–Crippen MR) is 51.0 cm³/mol. The molecule has 0 aromatic rings. The third-order valence-electron chi connectivity index (χ3n) is 4.81. The van der Waals surface area contributed by atoms with Gasteiger partial charge in [-0.15, -0.1) is 0 Å². The monoisotopic (exact) mass is 164 g/mol. The van der Waals surface area contributed by atoms with Crippen LogP contribution >= 0.6 is 0 Å². The smallest absolute Gasteiger partial charge is 0.0261 e. The Kier molecular flexibility index (Phi) is 1.54. The Hall–Kier alpha value is 0. The van der Waals surface area contributed by atoms with E-state index in [-0.39, 0.29) is 0 Å². The molecule has 0 N–H and O–H groups in total. The van der Waals surface area contributed by atoms with Crippen molar-refractivity contribution in [2.75, 3.05) is 0 Å². The zero-order chi connectivity index (χ0) is 8.02. The molecule has 0 saturated heterocycles. The van der Waals surface area contributed by atoms with Crippen molar-refractivity contribution < 1.29 is 0 Å². The molecule has 4 saturated carbocycles. The van der Waals surface area contributed by atoms with Gasteiger partial charge in [0.05, 0.1) is 0 Å². The largest absolute Gasteiger partial charge is 0.0533 e. The van der Waals surface area contributed by atoms with Crippen LogP contribution in [-0.2, 0) is 0 Å². The van der Waals surface area contributed by atoms with Gasteiger partial charge in [0.15, 0.2) is 0 Å². The molecule has 4 aliphatic rings. The van der Waals surface area contributed by atoms with Crippen molar-refractivity contribution in [3.8, 4) is 0 Å². The molecule has 2 bridgehead atoms. The zero-order valence-electron chi connectivity index (χ0n) is 8.02. The summed E-state index contributed by atoms with van der Waals surface area (Å²) in [5.41, 5.74) is 0.926. The maximum absolute atomic E-state index is 1.62. The molecule has 0 radical (unpaired) electrons. The van der Waals surface area contributed by atoms with Crippen LogP contribution in [0.5, 0.6) is 0 Å². The highest BCUT2D eigenvalue weighted by Crippen LogP contribution is 2.69. The molecule has 0 aromatic carbocycles. The SMILES string of the molecule is C1CCCC(C23CC(C2)C3)CC1. The van der Waals surface area contributed by atoms with Gasteiger partial charge in [-0.3, -0.25) is 0 Å². The van der Waals surface area contributed by atoms with Gasteiger partial charge in [0.2, 0.25) is 0 Å². The molecule has 0 heterocycles. The molecule has 0 heteroatoms. The van der Waals surface area contributed by atoms with Crippen LogP contribution in [0.2, 0.25) is 0 Å². The summed E-state index contributed by atoms with van der Waals surface area (Å²) < 4.78 is 0. The van der Waals surface area contributed by atoms with Crippen molar-refractivity contribution in [1.82, 2.24) is 0 Å². The van der Waals surface area contributed by atoms with E-state index in [4.69, 9.17) is 0 Å². The summed E-state index contributed by atoms with van der Waals surface area (Å²) in [6.45, 7) is 0. The third-order valence-corrected chi connectivity index (χ3v) is 4.81. The van der Waals surface area contributed by atoms with E-state index < -0.39 is 0 Å². The highest BCUT2D eigenvalue weighted by molar-refractivity contribution is 5.09. The van der Waals surface area contributed by atoms with Gasteiger partial charge >= 0.3 is 0 Å². The van der Waals surface area contributed by atoms with E-state index in [1.54, 1.807) is 32.1 Å². The van der Waals surface area contributed by atoms with E-state index in [9.17, 15) is 0 Å². The maximum Gasteiger partial charge on any atom is -0.0261 e. The van der Waals surface area contributed by atoms with E-state index in [0.29, 0.717) is 0 Å². The zero-order valence-corrected chi connectivity index (χ0v) is 8.02. The maximum atomic E-state index is 1.62. The third kappa shape index (κ3) is 0.900. The average molecular weight is 164 g/mol. The van der Waals surface area contributed by atoms with Crippen LogP contribution in [0.3, 0.4) is 0 Å². The van der Waals surface area contributed by atoms with Gasteiger partial charge in [-0.05, 0) is 49.4 Å². The average Bonchev–Trinajstić information content (AvgIpc) is 2.08. The van der Waals surface area contributed by atoms with Crippen LogP contribution in [0.25, 0.3) is 0 Å². The topological polar surface area (TPSA) is 0 Å². The van der Waals surface area contributed by atoms with Gasteiger partial charge in [0, 0.05) is 0 Å². The van der Waals surface area contributed by atoms with Gasteiger partial charge in [-0.25, -0.2) is 0 Å². The van der Waals surface area contributed by atoms with Crippen LogP contribution in [0.4, 0.5) is 0 Å². The number of rotatable bonds is 1. The summed E-state index contributed by atoms with van der Waals surface area (Å²) in [5.74, 6) is 2.35. The molecular weight excluding hydrogens is 144 g/mol. The van der Waals surface area contributed by atoms with E-state index in [1.165, 1.54) is 31.6 Å². The highest BCUT2D eigenvalue weighted by Gasteiger charge is 2.59. The van der Waals surface area contributed by atoms with Crippen molar-refractivity contribution >= 4 is 0 Å². The van der Waals surface area contributed by atoms with E-state index in [1.807, 2.05) is 0 Å². The Labute approximate surface area is 75.7 Å². The fraction of sp³-hybridized carbons (Fsp3) is 1.00. The van der Waals surface area contributed by atoms with Gasteiger partial charge in [0.25, 0.3) is 0 Å². The second kappa shape index (κ2) is 2.49. The Morgan fingerprint density at radius 1 is 0.750 bits per heavy atom. The predicted octanol–water partition coefficient (Wildman–Crippen LogP) is 3.76. The standard InChI is InChI=1S/C12H20/c1-2-4-6-11(5-3-1)12-7-10(8-12)9-12/h10-11H,1-9H2. The normalized spacial score (nSPS) is 47.5. The quantitative estimate of drug-likeness (QED) is 0.518. The molecule has 0 spiro atoms. The van der Waals surface area contributed by atoms with Gasteiger partial charge < -0.3 is 0 Å². The van der Waals surface area contributed by atoms with E-state index in [0.717, 1.165) is 11.3 Å². The minimum Gasteiger partial charge on any atom is -0.0533 e. The molecule has 68 valence electrons. The molecular formula is C12H20. The van der Waals surface area contributed by atoms with E-state index in [2.05, 4.69) is 0 Å². The first-order chi connectivity index (χ1) is 5.89. The molecule has 12 heavy (non-hydrogen) atoms. The van der Waals surface area contributed by atoms with Crippen LogP contribution < -0.4 is 0 Å². The first kappa shape index (κ1) is 7.41. The van der Waals surface area contributed by atoms with Crippen molar-refractivity contribution in [1.29, 1.82) is 0 Å². The van der Waals surface area contributed by atoms with Gasteiger partial charge in [-0.1, -0.05) is 25.7 Å². The lowest BCUT2D eigenvalue weighted by atomic mass is 9.39. The first-order valence-electron chi connectivity index (χ1n) is 5.89. The Balaban J connectivity index is 1.66. The molecule has 0 atom stereocenters. The molecule has 0 aromatic heterocycles. The number of hydrogen-bond donors (Lipinski definition) is 0. The lowest BCUT2D eigenvalue weighted by Gasteiger charge is -2.66. The van der Waals surface area contributed by atoms with Crippen molar-refractivity contribution in [2.45, 2.75) is 57.8 Å². The van der Waals surface area contributed by atoms with Crippen molar-refractivity contribution in [2.24, 2.45) is 17.3 Å². The second-order valence-corrected chi connectivity index (χ2v) is 5.53. The lowest BCUT2D eigenvalue weighted by Crippen LogP contribution is -2.56. The molecule has 4 aliphatic carbocycles. The molecule has 0 amide bonds. The molecule has 4 rings (SSSR count). The summed E-state index contributed by atoms with van der Waals surface area (Å²) in [4.78, 5) is 0. The lowest BCUT2D eigenvalue weighted by molar-refractivity contribution is -0.154. The molecule has 0 unspecified atom stereocenters. The molecule has 0 aliphatic heterocycles. The Morgan fingerprint density at radius 3 is 1.75 bits per heavy atom. The summed E-state index contributed by atoms with van der Waals surface area (Å²) in [6.07, 6.45) is 14.1. The minimum atomic E-state index is 0.926. The first-order valence-corrected chi connectivity index (χ1v) is 5.89. The molecule has 0 nitrogen and oxygen atoms in total. The number of hydrogen-bond acceptors (Lipinski definition) is 0. The Bertz CT molecular complexity index is 157. The molecule has 4 fully saturated rings. The van der Waals surface area contributed by atoms with Crippen molar-refractivity contribution in [3.05, 3.63) is 0 Å². The minimum absolute atomic E-state index is 0.926. The van der Waals surface area contributed by atoms with Gasteiger partial charge in [0.1, 0.15) is 0 Å². The van der Waals surface area contributed by atoms with E-state index >= 15 is 0 Å². The highest BCUT2D eigenvalue weighted by atomic mass is 14.6. The summed E-state index contributed by atoms with van der Waals surface area (Å²) in [5, 5.41) is 0. The van der Waals surface area contributed by atoms with Crippen LogP contribution in [-0.4, -0.2) is 0 Å². The fourth-order valence-corrected chi connectivity index (χ4v) is 3.94. The Morgan fingerprint density at radius 2 is 1.33 bits per heavy atom. The van der Waals surface area contributed by atoms with Gasteiger partial charge in [-0.2, -0.15) is 0 Å². The van der Waals surface area contributed by atoms with Crippen LogP contribution in [0, 0.1) is 17.3 Å². The van der Waals surface area contributed by atoms with Crippen LogP contribution in [0.1, 0.15) is 57.8 Å². The van der Waals surface area contributed by atoms with Crippen molar-refractivity contribution in [3.63, 3.8) is 0 Å². The summed E-state index contributed by atoms with van der Waals surface area (Å²) in [6, 6.07) is 0.